The Balaban J connectivity index is 2.92. The number of hydrogen-bond acceptors (Lipinski definition) is 6. The fourth-order valence-corrected chi connectivity index (χ4v) is 1.56. The molecule has 0 aliphatic heterocycles. The minimum atomic E-state index is -2.52. The first-order valence-electron chi connectivity index (χ1n) is 6.38. The molecule has 0 saturated carbocycles. The molecule has 0 unspecified atom stereocenters. The van der Waals surface area contributed by atoms with E-state index in [9.17, 15) is 19.9 Å². The summed E-state index contributed by atoms with van der Waals surface area (Å²) in [5.41, 5.74) is -0.0454. The van der Waals surface area contributed by atoms with Crippen LogP contribution in [-0.4, -0.2) is 33.9 Å². The van der Waals surface area contributed by atoms with E-state index in [0.717, 1.165) is 0 Å². The fraction of sp³-hybridized carbons (Fsp3) is 0.500. The van der Waals surface area contributed by atoms with E-state index in [4.69, 9.17) is 4.74 Å². The molecular formula is C14H20N2O5. The van der Waals surface area contributed by atoms with Crippen molar-refractivity contribution in [1.29, 1.82) is 0 Å². The normalized spacial score (nSPS) is 11.9. The third-order valence-electron chi connectivity index (χ3n) is 2.72. The van der Waals surface area contributed by atoms with Crippen molar-refractivity contribution < 1.29 is 19.7 Å². The van der Waals surface area contributed by atoms with Crippen molar-refractivity contribution in [3.05, 3.63) is 40.3 Å². The lowest BCUT2D eigenvalue weighted by Gasteiger charge is -2.33. The van der Waals surface area contributed by atoms with Crippen LogP contribution in [-0.2, 0) is 17.2 Å². The Kier molecular flexibility index (Phi) is 5.03. The van der Waals surface area contributed by atoms with Crippen LogP contribution in [0.3, 0.4) is 0 Å². The number of carbonyl (C=O) groups is 1. The van der Waals surface area contributed by atoms with E-state index in [2.05, 4.69) is 5.18 Å². The van der Waals surface area contributed by atoms with Crippen LogP contribution in [0.4, 0.5) is 4.79 Å². The number of benzene rings is 1. The van der Waals surface area contributed by atoms with Crippen molar-refractivity contribution in [3.8, 4) is 0 Å². The lowest BCUT2D eigenvalue weighted by atomic mass is 10.1. The Bertz CT molecular complexity index is 505. The number of nitrogens with zero attached hydrogens (tertiary/aromatic N) is 2. The van der Waals surface area contributed by atoms with E-state index < -0.39 is 17.6 Å². The van der Waals surface area contributed by atoms with E-state index in [1.807, 2.05) is 0 Å². The van der Waals surface area contributed by atoms with E-state index >= 15 is 0 Å². The van der Waals surface area contributed by atoms with Crippen molar-refractivity contribution >= 4 is 6.09 Å². The molecule has 0 bridgehead atoms. The fourth-order valence-electron chi connectivity index (χ4n) is 1.56. The van der Waals surface area contributed by atoms with Crippen LogP contribution in [0, 0.1) is 4.91 Å². The highest BCUT2D eigenvalue weighted by Gasteiger charge is 2.37. The van der Waals surface area contributed by atoms with Crippen molar-refractivity contribution in [2.75, 3.05) is 7.05 Å². The maximum atomic E-state index is 11.9. The molecule has 0 aromatic heterocycles. The highest BCUT2D eigenvalue weighted by atomic mass is 16.6. The smallest absolute Gasteiger partial charge is 0.414 e. The Morgan fingerprint density at radius 2 is 1.76 bits per heavy atom. The molecular weight excluding hydrogens is 276 g/mol. The molecule has 0 heterocycles. The maximum Gasteiger partial charge on any atom is 0.414 e. The zero-order chi connectivity index (χ0) is 16.3. The quantitative estimate of drug-likeness (QED) is 0.653. The number of carbonyl (C=O) groups excluding carboxylic acids is 1. The van der Waals surface area contributed by atoms with Crippen LogP contribution in [0.15, 0.2) is 29.4 Å². The van der Waals surface area contributed by atoms with Gasteiger partial charge in [0.2, 0.25) is 0 Å². The van der Waals surface area contributed by atoms with Gasteiger partial charge in [-0.1, -0.05) is 29.4 Å². The van der Waals surface area contributed by atoms with Crippen molar-refractivity contribution in [3.63, 3.8) is 0 Å². The number of aliphatic hydroxyl groups is 2. The molecule has 21 heavy (non-hydrogen) atoms. The van der Waals surface area contributed by atoms with Gasteiger partial charge in [-0.3, -0.25) is 4.90 Å². The summed E-state index contributed by atoms with van der Waals surface area (Å²) in [4.78, 5) is 22.7. The van der Waals surface area contributed by atoms with Crippen molar-refractivity contribution in [2.24, 2.45) is 5.18 Å². The molecule has 1 aromatic rings. The summed E-state index contributed by atoms with van der Waals surface area (Å²) in [6, 6.07) is 5.87. The van der Waals surface area contributed by atoms with Crippen LogP contribution in [0.2, 0.25) is 0 Å². The highest BCUT2D eigenvalue weighted by Crippen LogP contribution is 2.24. The van der Waals surface area contributed by atoms with Gasteiger partial charge in [0.05, 0.1) is 0 Å². The molecule has 0 radical (unpaired) electrons. The first-order valence-corrected chi connectivity index (χ1v) is 6.38. The van der Waals surface area contributed by atoms with Gasteiger partial charge in [0.1, 0.15) is 12.1 Å². The first kappa shape index (κ1) is 17.1. The predicted molar refractivity (Wildman–Crippen MR) is 76.1 cm³/mol. The zero-order valence-corrected chi connectivity index (χ0v) is 12.5. The zero-order valence-electron chi connectivity index (χ0n) is 12.5. The Morgan fingerprint density at radius 1 is 1.24 bits per heavy atom. The van der Waals surface area contributed by atoms with Gasteiger partial charge < -0.3 is 14.9 Å². The number of ether oxygens (including phenoxy) is 1. The van der Waals surface area contributed by atoms with Gasteiger partial charge >= 0.3 is 6.09 Å². The average Bonchev–Trinajstić information content (AvgIpc) is 2.37. The molecule has 116 valence electrons. The molecule has 0 fully saturated rings. The van der Waals surface area contributed by atoms with Gasteiger partial charge in [-0.05, 0) is 26.3 Å². The monoisotopic (exact) mass is 296 g/mol. The molecule has 0 aliphatic rings. The average molecular weight is 296 g/mol. The summed E-state index contributed by atoms with van der Waals surface area (Å²) in [5, 5.41) is 23.0. The summed E-state index contributed by atoms with van der Waals surface area (Å²) in [7, 11) is 1.22. The summed E-state index contributed by atoms with van der Waals surface area (Å²) in [5.74, 6) is -2.52. The number of nitroso groups, excluding NO2 is 1. The third-order valence-corrected chi connectivity index (χ3v) is 2.72. The largest absolute Gasteiger partial charge is 0.444 e. The Morgan fingerprint density at radius 3 is 2.19 bits per heavy atom. The van der Waals surface area contributed by atoms with E-state index in [-0.39, 0.29) is 12.1 Å². The predicted octanol–water partition coefficient (Wildman–Crippen LogP) is 1.91. The second kappa shape index (κ2) is 6.19. The van der Waals surface area contributed by atoms with Crippen LogP contribution < -0.4 is 0 Å². The molecule has 7 heteroatoms. The molecule has 1 amide bonds. The van der Waals surface area contributed by atoms with Crippen molar-refractivity contribution in [2.45, 2.75) is 38.8 Å². The number of rotatable bonds is 4. The Hall–Kier alpha value is -1.99. The Labute approximate surface area is 123 Å². The molecule has 0 atom stereocenters. The van der Waals surface area contributed by atoms with Gasteiger partial charge in [0.25, 0.3) is 5.91 Å². The standard InChI is InChI=1S/C14H20N2O5/c1-13(2,3)21-12(17)16(4)14(18,19)11-7-5-10(6-8-11)9-15-20/h5-8,18-19H,9H2,1-4H3. The molecule has 2 N–H and O–H groups in total. The number of hydrogen-bond donors (Lipinski definition) is 2. The minimum Gasteiger partial charge on any atom is -0.444 e. The van der Waals surface area contributed by atoms with E-state index in [1.54, 1.807) is 20.8 Å². The van der Waals surface area contributed by atoms with E-state index in [0.29, 0.717) is 10.5 Å². The molecule has 0 aliphatic carbocycles. The topological polar surface area (TPSA) is 99.4 Å². The lowest BCUT2D eigenvalue weighted by Crippen LogP contribution is -2.48. The maximum absolute atomic E-state index is 11.9. The van der Waals surface area contributed by atoms with Gasteiger partial charge in [0, 0.05) is 12.6 Å². The highest BCUT2D eigenvalue weighted by molar-refractivity contribution is 5.68. The van der Waals surface area contributed by atoms with Gasteiger partial charge in [-0.2, -0.15) is 4.91 Å². The summed E-state index contributed by atoms with van der Waals surface area (Å²) >= 11 is 0. The van der Waals surface area contributed by atoms with Gasteiger partial charge in [-0.15, -0.1) is 0 Å². The molecule has 7 nitrogen and oxygen atoms in total. The van der Waals surface area contributed by atoms with Crippen LogP contribution in [0.1, 0.15) is 31.9 Å². The van der Waals surface area contributed by atoms with Gasteiger partial charge in [0.15, 0.2) is 0 Å². The van der Waals surface area contributed by atoms with Crippen LogP contribution in [0.5, 0.6) is 0 Å². The lowest BCUT2D eigenvalue weighted by molar-refractivity contribution is -0.255. The SMILES string of the molecule is CN(C(=O)OC(C)(C)C)C(O)(O)c1ccc(CN=O)cc1. The summed E-state index contributed by atoms with van der Waals surface area (Å²) in [6.07, 6.45) is -0.869. The minimum absolute atomic E-state index is 0.00789. The summed E-state index contributed by atoms with van der Waals surface area (Å²) < 4.78 is 5.08. The number of amides is 1. The first-order chi connectivity index (χ1) is 9.58. The second-order valence-electron chi connectivity index (χ2n) is 5.66. The molecule has 1 rings (SSSR count). The van der Waals surface area contributed by atoms with Gasteiger partial charge in [-0.25, -0.2) is 4.79 Å². The van der Waals surface area contributed by atoms with E-state index in [1.165, 1.54) is 31.3 Å². The molecule has 1 aromatic carbocycles. The summed E-state index contributed by atoms with van der Waals surface area (Å²) in [6.45, 7) is 5.02. The van der Waals surface area contributed by atoms with Crippen LogP contribution in [0.25, 0.3) is 0 Å². The molecule has 0 spiro atoms. The van der Waals surface area contributed by atoms with Crippen molar-refractivity contribution in [1.82, 2.24) is 4.90 Å². The molecule has 0 saturated heterocycles. The van der Waals surface area contributed by atoms with Crippen LogP contribution >= 0.6 is 0 Å². The third kappa shape index (κ3) is 4.51. The second-order valence-corrected chi connectivity index (χ2v) is 5.66.